The second-order valence-corrected chi connectivity index (χ2v) is 15.2. The molecule has 0 N–H and O–H groups in total. The Kier molecular flexibility index (Phi) is 9.15. The van der Waals surface area contributed by atoms with Crippen molar-refractivity contribution in [2.45, 2.75) is 74.0 Å². The van der Waals surface area contributed by atoms with Crippen molar-refractivity contribution in [1.82, 2.24) is 4.98 Å². The Labute approximate surface area is 218 Å². The largest absolute Gasteiger partial charge is 0.418 e. The number of benzene rings is 2. The Bertz CT molecular complexity index is 1240. The molecule has 0 bridgehead atoms. The van der Waals surface area contributed by atoms with E-state index in [1.807, 2.05) is 6.92 Å². The molecular formula is C31H41N3OSi. The van der Waals surface area contributed by atoms with Crippen LogP contribution in [0.15, 0.2) is 58.5 Å². The molecule has 0 atom stereocenters. The number of nitrogens with zero attached hydrogens (tertiary/aromatic N) is 3. The summed E-state index contributed by atoms with van der Waals surface area (Å²) in [7, 11) is -1.55. The number of para-hydroxylation sites is 2. The lowest BCUT2D eigenvalue weighted by molar-refractivity contribution is 0.307. The summed E-state index contributed by atoms with van der Waals surface area (Å²) in [5.41, 5.74) is 11.6. The average molecular weight is 500 g/mol. The third-order valence-electron chi connectivity index (χ3n) is 6.13. The van der Waals surface area contributed by atoms with Crippen molar-refractivity contribution >= 4 is 31.1 Å². The Hall–Kier alpha value is -2.89. The number of pyridine rings is 1. The summed E-state index contributed by atoms with van der Waals surface area (Å²) in [6, 6.07) is 16.9. The van der Waals surface area contributed by atoms with Crippen molar-refractivity contribution in [1.29, 1.82) is 0 Å². The second-order valence-electron chi connectivity index (χ2n) is 10.7. The Morgan fingerprint density at radius 2 is 1.28 bits per heavy atom. The SMILES string of the molecule is CC(=Nc1c(C)cccc1C)c1cc(C)cc(C(CCCO[Si](C)(C)C)=Nc2c(C)cccc2C)n1. The number of aromatic nitrogens is 1. The van der Waals surface area contributed by atoms with Gasteiger partial charge in [0.2, 0.25) is 0 Å². The Morgan fingerprint density at radius 3 is 1.81 bits per heavy atom. The van der Waals surface area contributed by atoms with Crippen LogP contribution in [0.4, 0.5) is 11.4 Å². The van der Waals surface area contributed by atoms with Gasteiger partial charge in [0.25, 0.3) is 0 Å². The monoisotopic (exact) mass is 499 g/mol. The van der Waals surface area contributed by atoms with Crippen molar-refractivity contribution in [3.8, 4) is 0 Å². The van der Waals surface area contributed by atoms with Gasteiger partial charge < -0.3 is 4.43 Å². The molecule has 5 heteroatoms. The highest BCUT2D eigenvalue weighted by Gasteiger charge is 2.16. The zero-order chi connectivity index (χ0) is 26.5. The number of aliphatic imine (C=N–C) groups is 2. The van der Waals surface area contributed by atoms with E-state index in [9.17, 15) is 0 Å². The Morgan fingerprint density at radius 1 is 0.778 bits per heavy atom. The Balaban J connectivity index is 2.04. The molecule has 2 aromatic carbocycles. The quantitative estimate of drug-likeness (QED) is 0.168. The van der Waals surface area contributed by atoms with Crippen LogP contribution in [0.5, 0.6) is 0 Å². The molecule has 1 aromatic heterocycles. The zero-order valence-corrected chi connectivity index (χ0v) is 24.5. The van der Waals surface area contributed by atoms with Crippen LogP contribution in [-0.4, -0.2) is 31.3 Å². The predicted octanol–water partition coefficient (Wildman–Crippen LogP) is 8.52. The van der Waals surface area contributed by atoms with E-state index < -0.39 is 8.32 Å². The highest BCUT2D eigenvalue weighted by molar-refractivity contribution is 6.69. The molecule has 0 aliphatic rings. The molecule has 0 radical (unpaired) electrons. The maximum atomic E-state index is 6.13. The molecule has 3 aromatic rings. The van der Waals surface area contributed by atoms with Gasteiger partial charge in [-0.15, -0.1) is 0 Å². The summed E-state index contributed by atoms with van der Waals surface area (Å²) in [6.07, 6.45) is 1.72. The van der Waals surface area contributed by atoms with E-state index in [0.29, 0.717) is 0 Å². The number of hydrogen-bond acceptors (Lipinski definition) is 4. The van der Waals surface area contributed by atoms with E-state index in [1.54, 1.807) is 0 Å². The maximum Gasteiger partial charge on any atom is 0.183 e. The van der Waals surface area contributed by atoms with Gasteiger partial charge in [-0.3, -0.25) is 9.98 Å². The first-order valence-corrected chi connectivity index (χ1v) is 16.2. The molecule has 0 fully saturated rings. The highest BCUT2D eigenvalue weighted by atomic mass is 28.4. The molecule has 0 amide bonds. The first-order chi connectivity index (χ1) is 16.9. The van der Waals surface area contributed by atoms with Gasteiger partial charge >= 0.3 is 0 Å². The standard InChI is InChI=1S/C31H41N3OSi/c1-21-19-28(26(6)32-30-22(2)13-10-14-23(30)3)33-29(20-21)27(17-12-18-35-36(7,8)9)34-31-24(4)15-11-16-25(31)5/h10-11,13-16,19-20H,12,17-18H2,1-9H3. The van der Waals surface area contributed by atoms with Crippen molar-refractivity contribution in [3.63, 3.8) is 0 Å². The summed E-state index contributed by atoms with van der Waals surface area (Å²) in [5.74, 6) is 0. The van der Waals surface area contributed by atoms with Crippen LogP contribution in [0, 0.1) is 34.6 Å². The molecule has 3 rings (SSSR count). The number of rotatable bonds is 9. The lowest BCUT2D eigenvalue weighted by atomic mass is 10.1. The van der Waals surface area contributed by atoms with Crippen LogP contribution < -0.4 is 0 Å². The van der Waals surface area contributed by atoms with Crippen LogP contribution in [-0.2, 0) is 4.43 Å². The smallest absolute Gasteiger partial charge is 0.183 e. The first-order valence-electron chi connectivity index (χ1n) is 12.8. The lowest BCUT2D eigenvalue weighted by Gasteiger charge is -2.17. The summed E-state index contributed by atoms with van der Waals surface area (Å²) in [6.45, 7) is 20.0. The molecule has 0 unspecified atom stereocenters. The molecule has 0 aliphatic carbocycles. The van der Waals surface area contributed by atoms with Gasteiger partial charge in [-0.2, -0.15) is 0 Å². The third-order valence-corrected chi connectivity index (χ3v) is 7.20. The summed E-state index contributed by atoms with van der Waals surface area (Å²) >= 11 is 0. The predicted molar refractivity (Wildman–Crippen MR) is 157 cm³/mol. The topological polar surface area (TPSA) is 46.8 Å². The van der Waals surface area contributed by atoms with Crippen molar-refractivity contribution in [2.75, 3.05) is 6.61 Å². The van der Waals surface area contributed by atoms with Crippen LogP contribution in [0.2, 0.25) is 19.6 Å². The van der Waals surface area contributed by atoms with E-state index in [-0.39, 0.29) is 0 Å². The van der Waals surface area contributed by atoms with Gasteiger partial charge in [-0.25, -0.2) is 4.98 Å². The average Bonchev–Trinajstić information content (AvgIpc) is 2.79. The van der Waals surface area contributed by atoms with Crippen LogP contribution in [0.1, 0.15) is 59.0 Å². The van der Waals surface area contributed by atoms with Gasteiger partial charge in [0, 0.05) is 6.61 Å². The summed E-state index contributed by atoms with van der Waals surface area (Å²) < 4.78 is 6.13. The third kappa shape index (κ3) is 7.55. The van der Waals surface area contributed by atoms with E-state index in [1.165, 1.54) is 22.3 Å². The summed E-state index contributed by atoms with van der Waals surface area (Å²) in [5, 5.41) is 0. The van der Waals surface area contributed by atoms with E-state index in [0.717, 1.165) is 59.2 Å². The fraction of sp³-hybridized carbons (Fsp3) is 0.387. The lowest BCUT2D eigenvalue weighted by Crippen LogP contribution is -2.26. The van der Waals surface area contributed by atoms with Crippen molar-refractivity contribution < 1.29 is 4.43 Å². The molecule has 1 heterocycles. The maximum absolute atomic E-state index is 6.13. The molecule has 0 saturated carbocycles. The highest BCUT2D eigenvalue weighted by Crippen LogP contribution is 2.26. The first kappa shape index (κ1) is 27.7. The molecule has 0 spiro atoms. The molecule has 0 saturated heterocycles. The molecule has 36 heavy (non-hydrogen) atoms. The normalized spacial score (nSPS) is 12.8. The number of hydrogen-bond donors (Lipinski definition) is 0. The zero-order valence-electron chi connectivity index (χ0n) is 23.5. The van der Waals surface area contributed by atoms with E-state index >= 15 is 0 Å². The minimum absolute atomic E-state index is 0.743. The van der Waals surface area contributed by atoms with E-state index in [2.05, 4.69) is 103 Å². The van der Waals surface area contributed by atoms with Crippen molar-refractivity contribution in [2.24, 2.45) is 9.98 Å². The van der Waals surface area contributed by atoms with Crippen LogP contribution in [0.3, 0.4) is 0 Å². The molecule has 0 aliphatic heterocycles. The molecule has 4 nitrogen and oxygen atoms in total. The molecular weight excluding hydrogens is 458 g/mol. The fourth-order valence-corrected chi connectivity index (χ4v) is 4.94. The number of aryl methyl sites for hydroxylation is 5. The fourth-order valence-electron chi connectivity index (χ4n) is 4.18. The second kappa shape index (κ2) is 11.9. The van der Waals surface area contributed by atoms with Gasteiger partial charge in [0.1, 0.15) is 0 Å². The minimum Gasteiger partial charge on any atom is -0.418 e. The minimum atomic E-state index is -1.55. The van der Waals surface area contributed by atoms with Crippen molar-refractivity contribution in [3.05, 3.63) is 87.7 Å². The van der Waals surface area contributed by atoms with Gasteiger partial charge in [-0.1, -0.05) is 36.4 Å². The molecule has 190 valence electrons. The van der Waals surface area contributed by atoms with Gasteiger partial charge in [0.15, 0.2) is 8.32 Å². The van der Waals surface area contributed by atoms with Crippen LogP contribution >= 0.6 is 0 Å². The summed E-state index contributed by atoms with van der Waals surface area (Å²) in [4.78, 5) is 15.2. The van der Waals surface area contributed by atoms with Gasteiger partial charge in [0.05, 0.1) is 34.2 Å². The van der Waals surface area contributed by atoms with Gasteiger partial charge in [-0.05, 0) is 114 Å². The van der Waals surface area contributed by atoms with Crippen LogP contribution in [0.25, 0.3) is 0 Å². The van der Waals surface area contributed by atoms with E-state index in [4.69, 9.17) is 19.4 Å².